The summed E-state index contributed by atoms with van der Waals surface area (Å²) < 4.78 is 0. The molecule has 3 N–H and O–H groups in total. The summed E-state index contributed by atoms with van der Waals surface area (Å²) in [6.07, 6.45) is 1.02. The van der Waals surface area contributed by atoms with Gasteiger partial charge in [-0.2, -0.15) is 0 Å². The SMILES string of the molecule is CC(C(=O)NC1CCN(C)C1)C(N)c1ccccc1. The molecule has 1 aromatic rings. The number of nitrogens with zero attached hydrogens (tertiary/aromatic N) is 1. The molecule has 19 heavy (non-hydrogen) atoms. The van der Waals surface area contributed by atoms with Crippen molar-refractivity contribution in [3.05, 3.63) is 35.9 Å². The van der Waals surface area contributed by atoms with Crippen LogP contribution in [0.2, 0.25) is 0 Å². The van der Waals surface area contributed by atoms with E-state index in [1.54, 1.807) is 0 Å². The van der Waals surface area contributed by atoms with E-state index >= 15 is 0 Å². The highest BCUT2D eigenvalue weighted by Crippen LogP contribution is 2.19. The summed E-state index contributed by atoms with van der Waals surface area (Å²) in [4.78, 5) is 14.4. The van der Waals surface area contributed by atoms with Crippen molar-refractivity contribution in [2.24, 2.45) is 11.7 Å². The molecule has 1 heterocycles. The van der Waals surface area contributed by atoms with Crippen molar-refractivity contribution in [3.63, 3.8) is 0 Å². The lowest BCUT2D eigenvalue weighted by Gasteiger charge is -2.22. The van der Waals surface area contributed by atoms with Gasteiger partial charge in [0.25, 0.3) is 0 Å². The van der Waals surface area contributed by atoms with E-state index in [9.17, 15) is 4.79 Å². The summed E-state index contributed by atoms with van der Waals surface area (Å²) >= 11 is 0. The van der Waals surface area contributed by atoms with Gasteiger partial charge in [-0.25, -0.2) is 0 Å². The van der Waals surface area contributed by atoms with Crippen molar-refractivity contribution >= 4 is 5.91 Å². The Hall–Kier alpha value is -1.39. The van der Waals surface area contributed by atoms with Gasteiger partial charge in [-0.05, 0) is 25.6 Å². The van der Waals surface area contributed by atoms with Crippen LogP contribution in [0.1, 0.15) is 24.9 Å². The molecule has 0 aliphatic carbocycles. The van der Waals surface area contributed by atoms with Gasteiger partial charge in [-0.15, -0.1) is 0 Å². The van der Waals surface area contributed by atoms with E-state index in [1.165, 1.54) is 0 Å². The Balaban J connectivity index is 1.92. The zero-order valence-electron chi connectivity index (χ0n) is 11.7. The molecule has 2 rings (SSSR count). The first-order valence-electron chi connectivity index (χ1n) is 6.87. The van der Waals surface area contributed by atoms with Crippen LogP contribution in [-0.2, 0) is 4.79 Å². The lowest BCUT2D eigenvalue weighted by Crippen LogP contribution is -2.42. The van der Waals surface area contributed by atoms with Gasteiger partial charge in [-0.1, -0.05) is 37.3 Å². The summed E-state index contributed by atoms with van der Waals surface area (Å²) in [6.45, 7) is 3.87. The lowest BCUT2D eigenvalue weighted by atomic mass is 9.94. The second kappa shape index (κ2) is 6.17. The third-order valence-corrected chi connectivity index (χ3v) is 3.87. The fourth-order valence-corrected chi connectivity index (χ4v) is 2.51. The molecule has 1 aromatic carbocycles. The first-order valence-corrected chi connectivity index (χ1v) is 6.87. The van der Waals surface area contributed by atoms with Gasteiger partial charge in [0.2, 0.25) is 5.91 Å². The van der Waals surface area contributed by atoms with Crippen LogP contribution in [0, 0.1) is 5.92 Å². The highest BCUT2D eigenvalue weighted by atomic mass is 16.2. The van der Waals surface area contributed by atoms with Crippen molar-refractivity contribution in [2.75, 3.05) is 20.1 Å². The molecule has 0 spiro atoms. The number of hydrogen-bond donors (Lipinski definition) is 2. The molecule has 104 valence electrons. The van der Waals surface area contributed by atoms with Crippen molar-refractivity contribution in [1.29, 1.82) is 0 Å². The summed E-state index contributed by atoms with van der Waals surface area (Å²) in [5.74, 6) is -0.162. The summed E-state index contributed by atoms with van der Waals surface area (Å²) in [5, 5.41) is 3.10. The molecule has 0 saturated carbocycles. The number of nitrogens with one attached hydrogen (secondary N) is 1. The van der Waals surface area contributed by atoms with Gasteiger partial charge in [0.1, 0.15) is 0 Å². The number of hydrogen-bond acceptors (Lipinski definition) is 3. The van der Waals surface area contributed by atoms with Crippen LogP contribution in [0.25, 0.3) is 0 Å². The molecule has 0 radical (unpaired) electrons. The molecule has 1 saturated heterocycles. The number of rotatable bonds is 4. The third kappa shape index (κ3) is 3.55. The first kappa shape index (κ1) is 14.0. The fraction of sp³-hybridized carbons (Fsp3) is 0.533. The van der Waals surface area contributed by atoms with Gasteiger partial charge in [0, 0.05) is 18.6 Å². The fourth-order valence-electron chi connectivity index (χ4n) is 2.51. The minimum atomic E-state index is -0.250. The average Bonchev–Trinajstić information content (AvgIpc) is 2.83. The maximum atomic E-state index is 12.2. The van der Waals surface area contributed by atoms with Crippen LogP contribution >= 0.6 is 0 Å². The average molecular weight is 261 g/mol. The van der Waals surface area contributed by atoms with E-state index in [4.69, 9.17) is 5.73 Å². The summed E-state index contributed by atoms with van der Waals surface area (Å²) in [6, 6.07) is 9.81. The molecule has 1 aliphatic heterocycles. The van der Waals surface area contributed by atoms with Crippen molar-refractivity contribution in [1.82, 2.24) is 10.2 Å². The number of likely N-dealkylation sites (N-methyl/N-ethyl adjacent to an activating group) is 1. The van der Waals surface area contributed by atoms with Crippen LogP contribution in [-0.4, -0.2) is 37.0 Å². The smallest absolute Gasteiger partial charge is 0.225 e. The molecule has 1 aliphatic rings. The topological polar surface area (TPSA) is 58.4 Å². The molecule has 1 fully saturated rings. The molecule has 3 unspecified atom stereocenters. The van der Waals surface area contributed by atoms with Crippen molar-refractivity contribution in [2.45, 2.75) is 25.4 Å². The summed E-state index contributed by atoms with van der Waals surface area (Å²) in [7, 11) is 2.07. The van der Waals surface area contributed by atoms with E-state index < -0.39 is 0 Å². The summed E-state index contributed by atoms with van der Waals surface area (Å²) in [5.41, 5.74) is 7.18. The molecule has 0 aromatic heterocycles. The van der Waals surface area contributed by atoms with E-state index in [-0.39, 0.29) is 23.9 Å². The highest BCUT2D eigenvalue weighted by molar-refractivity contribution is 5.79. The Labute approximate surface area is 115 Å². The predicted molar refractivity (Wildman–Crippen MR) is 76.6 cm³/mol. The zero-order valence-corrected chi connectivity index (χ0v) is 11.7. The zero-order chi connectivity index (χ0) is 13.8. The Morgan fingerprint density at radius 1 is 1.42 bits per heavy atom. The number of benzene rings is 1. The van der Waals surface area contributed by atoms with Crippen LogP contribution in [0.4, 0.5) is 0 Å². The second-order valence-corrected chi connectivity index (χ2v) is 5.48. The Kier molecular flexibility index (Phi) is 4.56. The van der Waals surface area contributed by atoms with E-state index in [1.807, 2.05) is 37.3 Å². The second-order valence-electron chi connectivity index (χ2n) is 5.48. The predicted octanol–water partition coefficient (Wildman–Crippen LogP) is 1.14. The normalized spacial score (nSPS) is 23.0. The van der Waals surface area contributed by atoms with E-state index in [2.05, 4.69) is 17.3 Å². The number of likely N-dealkylation sites (tertiary alicyclic amines) is 1. The van der Waals surface area contributed by atoms with Gasteiger partial charge in [-0.3, -0.25) is 4.79 Å². The Bertz CT molecular complexity index is 421. The van der Waals surface area contributed by atoms with Crippen LogP contribution < -0.4 is 11.1 Å². The van der Waals surface area contributed by atoms with E-state index in [0.717, 1.165) is 25.1 Å². The van der Waals surface area contributed by atoms with Gasteiger partial charge in [0.15, 0.2) is 0 Å². The van der Waals surface area contributed by atoms with Gasteiger partial charge >= 0.3 is 0 Å². The molecule has 0 bridgehead atoms. The molecule has 1 amide bonds. The van der Waals surface area contributed by atoms with Crippen molar-refractivity contribution < 1.29 is 4.79 Å². The van der Waals surface area contributed by atoms with Crippen molar-refractivity contribution in [3.8, 4) is 0 Å². The highest BCUT2D eigenvalue weighted by Gasteiger charge is 2.26. The minimum Gasteiger partial charge on any atom is -0.352 e. The first-order chi connectivity index (χ1) is 9.08. The molecule has 4 heteroatoms. The van der Waals surface area contributed by atoms with E-state index in [0.29, 0.717) is 0 Å². The molecular weight excluding hydrogens is 238 g/mol. The Morgan fingerprint density at radius 2 is 2.11 bits per heavy atom. The monoisotopic (exact) mass is 261 g/mol. The maximum absolute atomic E-state index is 12.2. The Morgan fingerprint density at radius 3 is 2.68 bits per heavy atom. The number of carbonyl (C=O) groups excluding carboxylic acids is 1. The molecule has 4 nitrogen and oxygen atoms in total. The van der Waals surface area contributed by atoms with Gasteiger partial charge in [0.05, 0.1) is 5.92 Å². The molecular formula is C15H23N3O. The number of carbonyl (C=O) groups is 1. The van der Waals surface area contributed by atoms with Crippen LogP contribution in [0.5, 0.6) is 0 Å². The quantitative estimate of drug-likeness (QED) is 0.854. The minimum absolute atomic E-state index is 0.0525. The largest absolute Gasteiger partial charge is 0.352 e. The third-order valence-electron chi connectivity index (χ3n) is 3.87. The lowest BCUT2D eigenvalue weighted by molar-refractivity contribution is -0.125. The maximum Gasteiger partial charge on any atom is 0.225 e. The van der Waals surface area contributed by atoms with Crippen LogP contribution in [0.15, 0.2) is 30.3 Å². The van der Waals surface area contributed by atoms with Crippen LogP contribution in [0.3, 0.4) is 0 Å². The van der Waals surface area contributed by atoms with Gasteiger partial charge < -0.3 is 16.0 Å². The molecule has 3 atom stereocenters. The number of amides is 1. The standard InChI is InChI=1S/C15H23N3O/c1-11(14(16)12-6-4-3-5-7-12)15(19)17-13-8-9-18(2)10-13/h3-7,11,13-14H,8-10,16H2,1-2H3,(H,17,19). The number of nitrogens with two attached hydrogens (primary N) is 1.